The van der Waals surface area contributed by atoms with Crippen LogP contribution >= 0.6 is 41.0 Å². The van der Waals surface area contributed by atoms with Gasteiger partial charge in [0.1, 0.15) is 0 Å². The molecule has 0 aliphatic carbocycles. The second-order valence-corrected chi connectivity index (χ2v) is 7.06. The van der Waals surface area contributed by atoms with Gasteiger partial charge >= 0.3 is 19.8 Å². The van der Waals surface area contributed by atoms with E-state index in [4.69, 9.17) is 0 Å². The van der Waals surface area contributed by atoms with Crippen molar-refractivity contribution in [1.29, 1.82) is 0 Å². The van der Waals surface area contributed by atoms with Gasteiger partial charge in [-0.2, -0.15) is 0 Å². The van der Waals surface area contributed by atoms with E-state index >= 15 is 0 Å². The first-order valence-electron chi connectivity index (χ1n) is 4.66. The highest BCUT2D eigenvalue weighted by molar-refractivity contribution is 14.2. The summed E-state index contributed by atoms with van der Waals surface area (Å²) in [4.78, 5) is 0. The van der Waals surface area contributed by atoms with E-state index in [-0.39, 0.29) is 0 Å². The van der Waals surface area contributed by atoms with Crippen molar-refractivity contribution < 1.29 is 9.21 Å². The average molecular weight is 456 g/mol. The van der Waals surface area contributed by atoms with Crippen LogP contribution in [0.2, 0.25) is 0 Å². The van der Waals surface area contributed by atoms with Crippen LogP contribution in [0.1, 0.15) is 0 Å². The highest BCUT2D eigenvalue weighted by Crippen LogP contribution is 2.14. The molecule has 3 nitrogen and oxygen atoms in total. The quantitative estimate of drug-likeness (QED) is 0.637. The second kappa shape index (κ2) is 8.40. The van der Waals surface area contributed by atoms with Crippen LogP contribution in [-0.2, 0) is 9.21 Å². The van der Waals surface area contributed by atoms with Crippen LogP contribution in [0.4, 0.5) is 0 Å². The van der Waals surface area contributed by atoms with Gasteiger partial charge < -0.3 is 0 Å². The van der Waals surface area contributed by atoms with E-state index in [0.717, 1.165) is 3.57 Å². The van der Waals surface area contributed by atoms with Gasteiger partial charge in [0.25, 0.3) is 0 Å². The van der Waals surface area contributed by atoms with Crippen molar-refractivity contribution in [3.05, 3.63) is 67.8 Å². The van der Waals surface area contributed by atoms with Crippen LogP contribution < -0.4 is 0 Å². The largest absolute Gasteiger partial charge is 0.340 e. The zero-order chi connectivity index (χ0) is 12.5. The Balaban J connectivity index is 0.000000171. The van der Waals surface area contributed by atoms with Crippen LogP contribution in [0.15, 0.2) is 60.7 Å². The van der Waals surface area contributed by atoms with Gasteiger partial charge in [-0.3, -0.25) is 3.07 Å². The van der Waals surface area contributed by atoms with E-state index in [2.05, 4.69) is 0 Å². The van der Waals surface area contributed by atoms with Crippen LogP contribution in [0, 0.1) is 7.14 Å². The molecule has 0 atom stereocenters. The van der Waals surface area contributed by atoms with Gasteiger partial charge in [-0.25, -0.2) is 6.14 Å². The molecule has 0 fully saturated rings. The van der Waals surface area contributed by atoms with Crippen molar-refractivity contribution in [3.8, 4) is 0 Å². The third-order valence-corrected chi connectivity index (χ3v) is 4.70. The monoisotopic (exact) mass is 456 g/mol. The summed E-state index contributed by atoms with van der Waals surface area (Å²) in [7, 11) is 0. The lowest BCUT2D eigenvalue weighted by Crippen LogP contribution is -1.65. The Kier molecular flexibility index (Phi) is 7.10. The Morgan fingerprint density at radius 2 is 1.24 bits per heavy atom. The zero-order valence-corrected chi connectivity index (χ0v) is 13.1. The molecule has 2 aromatic rings. The minimum atomic E-state index is -3.18. The van der Waals surface area contributed by atoms with E-state index in [1.54, 1.807) is 30.3 Å². The number of hydrogen-bond acceptors (Lipinski definition) is 3. The highest BCUT2D eigenvalue weighted by Gasteiger charge is 1.91. The average Bonchev–Trinajstić information content (AvgIpc) is 2.41. The first kappa shape index (κ1) is 14.4. The SMILES string of the molecule is O=I(=O)c1ccccc1.O=Ic1ccccc1. The van der Waals surface area contributed by atoms with E-state index in [9.17, 15) is 9.21 Å². The van der Waals surface area contributed by atoms with Crippen molar-refractivity contribution >= 4 is 41.0 Å². The predicted molar refractivity (Wildman–Crippen MR) is 80.4 cm³/mol. The normalized spacial score (nSPS) is 9.47. The van der Waals surface area contributed by atoms with Crippen molar-refractivity contribution in [2.24, 2.45) is 0 Å². The summed E-state index contributed by atoms with van der Waals surface area (Å²) in [5.74, 6) is 0. The molecular formula is C12H10I2O3. The molecule has 0 bridgehead atoms. The summed E-state index contributed by atoms with van der Waals surface area (Å²) < 4.78 is 32.3. The molecule has 0 aliphatic rings. The van der Waals surface area contributed by atoms with Crippen LogP contribution in [0.25, 0.3) is 0 Å². The third-order valence-electron chi connectivity index (χ3n) is 1.73. The van der Waals surface area contributed by atoms with Gasteiger partial charge in [-0.1, -0.05) is 36.4 Å². The summed E-state index contributed by atoms with van der Waals surface area (Å²) in [6.45, 7) is 0. The van der Waals surface area contributed by atoms with Crippen molar-refractivity contribution in [3.63, 3.8) is 0 Å². The van der Waals surface area contributed by atoms with Gasteiger partial charge in [-0.15, -0.1) is 0 Å². The topological polar surface area (TPSA) is 51.2 Å². The molecule has 0 spiro atoms. The van der Waals surface area contributed by atoms with Gasteiger partial charge in [0.15, 0.2) is 21.2 Å². The van der Waals surface area contributed by atoms with Crippen LogP contribution in [0.3, 0.4) is 0 Å². The minimum absolute atomic E-state index is 0.460. The molecule has 0 radical (unpaired) electrons. The fraction of sp³-hybridized carbons (Fsp3) is 0. The molecule has 0 amide bonds. The summed E-state index contributed by atoms with van der Waals surface area (Å²) in [5.41, 5.74) is 0. The molecular weight excluding hydrogens is 446 g/mol. The third kappa shape index (κ3) is 5.97. The fourth-order valence-electron chi connectivity index (χ4n) is 0.984. The zero-order valence-electron chi connectivity index (χ0n) is 8.75. The molecule has 0 saturated carbocycles. The van der Waals surface area contributed by atoms with Crippen molar-refractivity contribution in [1.82, 2.24) is 0 Å². The van der Waals surface area contributed by atoms with E-state index in [1.807, 2.05) is 30.3 Å². The fourth-order valence-corrected chi connectivity index (χ4v) is 2.69. The molecule has 2 rings (SSSR count). The number of benzene rings is 2. The molecule has 0 unspecified atom stereocenters. The van der Waals surface area contributed by atoms with E-state index in [0.29, 0.717) is 3.57 Å². The minimum Gasteiger partial charge on any atom is -0.265 e. The molecule has 0 saturated heterocycles. The molecule has 0 aliphatic heterocycles. The summed E-state index contributed by atoms with van der Waals surface area (Å²) >= 11 is -4.12. The summed E-state index contributed by atoms with van der Waals surface area (Å²) in [6.07, 6.45) is 0. The highest BCUT2D eigenvalue weighted by atomic mass is 127. The van der Waals surface area contributed by atoms with Gasteiger partial charge in [0, 0.05) is 3.57 Å². The summed E-state index contributed by atoms with van der Waals surface area (Å²) in [5, 5.41) is 0. The molecule has 2 aromatic carbocycles. The number of hydrogen-bond donors (Lipinski definition) is 0. The maximum atomic E-state index is 10.3. The van der Waals surface area contributed by atoms with Crippen LogP contribution in [0.5, 0.6) is 0 Å². The summed E-state index contributed by atoms with van der Waals surface area (Å²) in [6, 6.07) is 17.9. The van der Waals surface area contributed by atoms with E-state index < -0.39 is 41.0 Å². The molecule has 17 heavy (non-hydrogen) atoms. The first-order valence-corrected chi connectivity index (χ1v) is 9.46. The van der Waals surface area contributed by atoms with Crippen LogP contribution in [-0.4, -0.2) is 0 Å². The van der Waals surface area contributed by atoms with E-state index in [1.165, 1.54) is 0 Å². The van der Waals surface area contributed by atoms with Gasteiger partial charge in [0.2, 0.25) is 0 Å². The first-order chi connectivity index (χ1) is 8.24. The Bertz CT molecular complexity index is 514. The lowest BCUT2D eigenvalue weighted by Gasteiger charge is -1.81. The Hall–Kier alpha value is -0.700. The molecule has 90 valence electrons. The second-order valence-electron chi connectivity index (χ2n) is 2.89. The number of halogens is 2. The maximum Gasteiger partial charge on any atom is 0.340 e. The van der Waals surface area contributed by atoms with Crippen molar-refractivity contribution in [2.75, 3.05) is 0 Å². The standard InChI is InChI=1S/C6H5IO2.C6H5IO/c8-7(9)6-4-2-1-3-5-6;8-7-6-4-2-1-3-5-6/h1-5H;1-5H. The molecule has 0 aromatic heterocycles. The predicted octanol–water partition coefficient (Wildman–Crippen LogP) is 4.23. The smallest absolute Gasteiger partial charge is 0.265 e. The molecule has 0 heterocycles. The molecule has 5 heteroatoms. The Morgan fingerprint density at radius 1 is 0.765 bits per heavy atom. The maximum absolute atomic E-state index is 10.3. The van der Waals surface area contributed by atoms with Gasteiger partial charge in [-0.05, 0) is 24.3 Å². The lowest BCUT2D eigenvalue weighted by molar-refractivity contribution is 0.610. The molecule has 0 N–H and O–H groups in total. The Labute approximate surface area is 117 Å². The lowest BCUT2D eigenvalue weighted by atomic mass is 10.4. The van der Waals surface area contributed by atoms with Crippen molar-refractivity contribution in [2.45, 2.75) is 0 Å². The Morgan fingerprint density at radius 3 is 1.53 bits per heavy atom. The van der Waals surface area contributed by atoms with Gasteiger partial charge in [0.05, 0.1) is 3.57 Å². The number of rotatable bonds is 2.